The van der Waals surface area contributed by atoms with Crippen LogP contribution in [0.4, 0.5) is 8.78 Å². The highest BCUT2D eigenvalue weighted by atomic mass is 19.2. The van der Waals surface area contributed by atoms with Crippen LogP contribution in [0.1, 0.15) is 24.2 Å². The largest absolute Gasteiger partial charge is 0.323 e. The maximum absolute atomic E-state index is 14.2. The fraction of sp³-hybridized carbons (Fsp3) is 0.238. The van der Waals surface area contributed by atoms with Crippen molar-refractivity contribution in [1.82, 2.24) is 14.5 Å². The lowest BCUT2D eigenvalue weighted by atomic mass is 10.1. The molecule has 27 heavy (non-hydrogen) atoms. The molecule has 136 valence electrons. The molecule has 4 nitrogen and oxygen atoms in total. The predicted molar refractivity (Wildman–Crippen MR) is 99.7 cm³/mol. The topological polar surface area (TPSA) is 50.7 Å². The molecule has 0 radical (unpaired) electrons. The Morgan fingerprint density at radius 1 is 1.15 bits per heavy atom. The van der Waals surface area contributed by atoms with Gasteiger partial charge in [0.25, 0.3) is 0 Å². The van der Waals surface area contributed by atoms with Crippen LogP contribution in [0.25, 0.3) is 21.9 Å². The van der Waals surface area contributed by atoms with Gasteiger partial charge in [-0.15, -0.1) is 0 Å². The van der Waals surface area contributed by atoms with Crippen LogP contribution in [0.2, 0.25) is 0 Å². The van der Waals surface area contributed by atoms with E-state index in [-0.39, 0.29) is 5.52 Å². The molecule has 4 aromatic rings. The first kappa shape index (κ1) is 16.2. The standard InChI is InChI=1S/C21H17F2N3O/c22-15-8-7-14-13(10-19(27)25-21(14)20(15)23)11-26-17-4-2-1-3-16(17)24-18(26)9-12-5-6-12/h1-4,7-8,10,12H,5-6,9,11H2,(H,25,27). The Hall–Kier alpha value is -3.02. The maximum Gasteiger partial charge on any atom is 0.248 e. The lowest BCUT2D eigenvalue weighted by molar-refractivity contribution is 0.515. The monoisotopic (exact) mass is 365 g/mol. The van der Waals surface area contributed by atoms with Crippen LogP contribution in [0.15, 0.2) is 47.3 Å². The van der Waals surface area contributed by atoms with Crippen LogP contribution in [-0.4, -0.2) is 14.5 Å². The van der Waals surface area contributed by atoms with Crippen molar-refractivity contribution in [2.45, 2.75) is 25.8 Å². The smallest absolute Gasteiger partial charge is 0.248 e. The van der Waals surface area contributed by atoms with E-state index in [9.17, 15) is 13.6 Å². The average Bonchev–Trinajstić information content (AvgIpc) is 3.41. The second-order valence-electron chi connectivity index (χ2n) is 7.19. The number of fused-ring (bicyclic) bond motifs is 2. The fourth-order valence-corrected chi connectivity index (χ4v) is 3.67. The molecule has 1 fully saturated rings. The molecule has 5 rings (SSSR count). The SMILES string of the molecule is O=c1cc(Cn2c(CC3CC3)nc3ccccc32)c2ccc(F)c(F)c2[nH]1. The molecule has 1 aliphatic rings. The van der Waals surface area contributed by atoms with Crippen molar-refractivity contribution in [2.75, 3.05) is 0 Å². The molecule has 6 heteroatoms. The van der Waals surface area contributed by atoms with E-state index in [1.54, 1.807) is 0 Å². The quantitative estimate of drug-likeness (QED) is 0.590. The van der Waals surface area contributed by atoms with Crippen molar-refractivity contribution in [2.24, 2.45) is 5.92 Å². The van der Waals surface area contributed by atoms with Gasteiger partial charge in [0.2, 0.25) is 5.56 Å². The second kappa shape index (κ2) is 6.01. The lowest BCUT2D eigenvalue weighted by Gasteiger charge is -2.12. The van der Waals surface area contributed by atoms with Crippen LogP contribution in [-0.2, 0) is 13.0 Å². The fourth-order valence-electron chi connectivity index (χ4n) is 3.67. The summed E-state index contributed by atoms with van der Waals surface area (Å²) in [7, 11) is 0. The normalized spacial score (nSPS) is 14.3. The van der Waals surface area contributed by atoms with Crippen LogP contribution in [0, 0.1) is 17.6 Å². The highest BCUT2D eigenvalue weighted by molar-refractivity contribution is 5.83. The molecule has 2 aromatic heterocycles. The molecule has 1 N–H and O–H groups in total. The minimum Gasteiger partial charge on any atom is -0.323 e. The summed E-state index contributed by atoms with van der Waals surface area (Å²) in [6.45, 7) is 0.383. The molecule has 0 unspecified atom stereocenters. The van der Waals surface area contributed by atoms with Gasteiger partial charge in [-0.2, -0.15) is 0 Å². The number of rotatable bonds is 4. The third kappa shape index (κ3) is 2.81. The zero-order chi connectivity index (χ0) is 18.5. The van der Waals surface area contributed by atoms with Crippen molar-refractivity contribution >= 4 is 21.9 Å². The number of H-pyrrole nitrogens is 1. The Morgan fingerprint density at radius 3 is 2.78 bits per heavy atom. The minimum atomic E-state index is -1.03. The molecule has 0 spiro atoms. The molecule has 0 amide bonds. The number of imidazole rings is 1. The molecule has 1 aliphatic carbocycles. The van der Waals surface area contributed by atoms with Crippen molar-refractivity contribution in [3.63, 3.8) is 0 Å². The van der Waals surface area contributed by atoms with Gasteiger partial charge in [-0.3, -0.25) is 4.79 Å². The van der Waals surface area contributed by atoms with Crippen molar-refractivity contribution in [1.29, 1.82) is 0 Å². The third-order valence-electron chi connectivity index (χ3n) is 5.22. The number of hydrogen-bond donors (Lipinski definition) is 1. The van der Waals surface area contributed by atoms with Crippen molar-refractivity contribution in [3.05, 3.63) is 75.8 Å². The van der Waals surface area contributed by atoms with Crippen LogP contribution < -0.4 is 5.56 Å². The first-order chi connectivity index (χ1) is 13.1. The first-order valence-electron chi connectivity index (χ1n) is 9.04. The van der Waals surface area contributed by atoms with E-state index in [4.69, 9.17) is 4.98 Å². The Bertz CT molecular complexity index is 1240. The van der Waals surface area contributed by atoms with E-state index in [0.29, 0.717) is 23.4 Å². The van der Waals surface area contributed by atoms with Crippen molar-refractivity contribution < 1.29 is 8.78 Å². The first-order valence-corrected chi connectivity index (χ1v) is 9.04. The van der Waals surface area contributed by atoms with Gasteiger partial charge in [0.1, 0.15) is 5.82 Å². The summed E-state index contributed by atoms with van der Waals surface area (Å²) in [6, 6.07) is 11.9. The van der Waals surface area contributed by atoms with Gasteiger partial charge >= 0.3 is 0 Å². The number of hydrogen-bond acceptors (Lipinski definition) is 2. The third-order valence-corrected chi connectivity index (χ3v) is 5.22. The van der Waals surface area contributed by atoms with Gasteiger partial charge in [0.05, 0.1) is 23.1 Å². The molecule has 1 saturated carbocycles. The van der Waals surface area contributed by atoms with Crippen LogP contribution in [0.3, 0.4) is 0 Å². The summed E-state index contributed by atoms with van der Waals surface area (Å²) in [4.78, 5) is 19.2. The molecular formula is C21H17F2N3O. The Morgan fingerprint density at radius 2 is 1.96 bits per heavy atom. The Balaban J connectivity index is 1.69. The summed E-state index contributed by atoms with van der Waals surface area (Å²) >= 11 is 0. The zero-order valence-electron chi connectivity index (χ0n) is 14.5. The highest BCUT2D eigenvalue weighted by Crippen LogP contribution is 2.33. The van der Waals surface area contributed by atoms with Crippen LogP contribution >= 0.6 is 0 Å². The van der Waals surface area contributed by atoms with E-state index < -0.39 is 17.2 Å². The van der Waals surface area contributed by atoms with Crippen molar-refractivity contribution in [3.8, 4) is 0 Å². The number of halogens is 2. The highest BCUT2D eigenvalue weighted by Gasteiger charge is 2.25. The zero-order valence-corrected chi connectivity index (χ0v) is 14.5. The number of aromatic nitrogens is 3. The molecule has 0 aliphatic heterocycles. The number of nitrogens with zero attached hydrogens (tertiary/aromatic N) is 2. The van der Waals surface area contributed by atoms with Gasteiger partial charge < -0.3 is 9.55 Å². The molecule has 0 atom stereocenters. The molecule has 2 heterocycles. The van der Waals surface area contributed by atoms with E-state index in [1.165, 1.54) is 25.0 Å². The molecular weight excluding hydrogens is 348 g/mol. The summed E-state index contributed by atoms with van der Waals surface area (Å²) in [5, 5.41) is 0.503. The van der Waals surface area contributed by atoms with Gasteiger partial charge in [-0.1, -0.05) is 12.1 Å². The Labute approximate surface area is 153 Å². The number of benzene rings is 2. The number of para-hydroxylation sites is 2. The number of pyridine rings is 1. The minimum absolute atomic E-state index is 0.0920. The van der Waals surface area contributed by atoms with Gasteiger partial charge in [-0.05, 0) is 48.6 Å². The molecule has 2 aromatic carbocycles. The Kier molecular flexibility index (Phi) is 3.60. The number of nitrogens with one attached hydrogen (secondary N) is 1. The predicted octanol–water partition coefficient (Wildman–Crippen LogP) is 4.16. The van der Waals surface area contributed by atoms with Gasteiger partial charge in [0, 0.05) is 17.9 Å². The molecule has 0 bridgehead atoms. The summed E-state index contributed by atoms with van der Waals surface area (Å²) in [5.41, 5.74) is 1.98. The average molecular weight is 365 g/mol. The summed E-state index contributed by atoms with van der Waals surface area (Å²) in [6.07, 6.45) is 3.31. The van der Waals surface area contributed by atoms with E-state index >= 15 is 0 Å². The van der Waals surface area contributed by atoms with E-state index in [0.717, 1.165) is 29.3 Å². The number of aromatic amines is 1. The summed E-state index contributed by atoms with van der Waals surface area (Å²) < 4.78 is 29.9. The summed E-state index contributed by atoms with van der Waals surface area (Å²) in [5.74, 6) is -0.379. The van der Waals surface area contributed by atoms with Crippen LogP contribution in [0.5, 0.6) is 0 Å². The lowest BCUT2D eigenvalue weighted by Crippen LogP contribution is -2.12. The van der Waals surface area contributed by atoms with Gasteiger partial charge in [0.15, 0.2) is 11.6 Å². The van der Waals surface area contributed by atoms with E-state index in [2.05, 4.69) is 9.55 Å². The second-order valence-corrected chi connectivity index (χ2v) is 7.19. The molecule has 0 saturated heterocycles. The van der Waals surface area contributed by atoms with E-state index in [1.807, 2.05) is 24.3 Å². The maximum atomic E-state index is 14.2. The van der Waals surface area contributed by atoms with Gasteiger partial charge in [-0.25, -0.2) is 13.8 Å².